The minimum atomic E-state index is -0.705. The van der Waals surface area contributed by atoms with Crippen LogP contribution in [-0.2, 0) is 4.79 Å². The van der Waals surface area contributed by atoms with Crippen LogP contribution in [0.2, 0.25) is 0 Å². The lowest BCUT2D eigenvalue weighted by atomic mass is 10.1. The molecular weight excluding hydrogens is 434 g/mol. The van der Waals surface area contributed by atoms with Gasteiger partial charge in [-0.05, 0) is 48.4 Å². The Morgan fingerprint density at radius 2 is 1.50 bits per heavy atom. The first-order chi connectivity index (χ1) is 16.3. The summed E-state index contributed by atoms with van der Waals surface area (Å²) in [5.74, 6) is -2.96. The molecular formula is C26H23N3O5. The summed E-state index contributed by atoms with van der Waals surface area (Å²) in [4.78, 5) is 25.4. The molecule has 0 saturated carbocycles. The smallest absolute Gasteiger partial charge is 0.287 e. The molecule has 0 aliphatic carbocycles. The number of hydrazone groups is 1. The number of benzene rings is 3. The first-order valence-electron chi connectivity index (χ1n) is 10.2. The van der Waals surface area contributed by atoms with Gasteiger partial charge in [-0.15, -0.1) is 0 Å². The second-order valence-corrected chi connectivity index (χ2v) is 7.25. The molecule has 0 unspecified atom stereocenters. The third-order valence-electron chi connectivity index (χ3n) is 4.63. The fraction of sp³-hybridized carbons (Fsp3) is 0.0385. The van der Waals surface area contributed by atoms with Crippen LogP contribution >= 0.6 is 0 Å². The van der Waals surface area contributed by atoms with Crippen LogP contribution in [0.25, 0.3) is 6.08 Å². The molecule has 0 aliphatic heterocycles. The van der Waals surface area contributed by atoms with E-state index in [0.717, 1.165) is 11.8 Å². The van der Waals surface area contributed by atoms with Gasteiger partial charge in [-0.1, -0.05) is 54.6 Å². The van der Waals surface area contributed by atoms with Gasteiger partial charge in [0.05, 0.1) is 6.21 Å². The highest BCUT2D eigenvalue weighted by molar-refractivity contribution is 6.03. The molecule has 5 N–H and O–H groups in total. The van der Waals surface area contributed by atoms with Crippen LogP contribution in [0, 0.1) is 0 Å². The van der Waals surface area contributed by atoms with Crippen molar-refractivity contribution >= 4 is 24.1 Å². The molecule has 3 rings (SSSR count). The quantitative estimate of drug-likeness (QED) is 0.121. The third-order valence-corrected chi connectivity index (χ3v) is 4.63. The second kappa shape index (κ2) is 11.1. The highest BCUT2D eigenvalue weighted by Gasteiger charge is 2.15. The average molecular weight is 457 g/mol. The minimum absolute atomic E-state index is 0.0477. The van der Waals surface area contributed by atoms with Crippen LogP contribution in [0.4, 0.5) is 0 Å². The Hall–Kier alpha value is -4.85. The van der Waals surface area contributed by atoms with Gasteiger partial charge >= 0.3 is 0 Å². The van der Waals surface area contributed by atoms with Gasteiger partial charge in [0.25, 0.3) is 11.8 Å². The Bertz CT molecular complexity index is 1270. The number of nitrogens with zero attached hydrogens (tertiary/aromatic N) is 1. The topological polar surface area (TPSA) is 131 Å². The van der Waals surface area contributed by atoms with Gasteiger partial charge in [0.1, 0.15) is 5.70 Å². The molecule has 0 radical (unpaired) electrons. The van der Waals surface area contributed by atoms with Crippen molar-refractivity contribution in [1.29, 1.82) is 0 Å². The summed E-state index contributed by atoms with van der Waals surface area (Å²) in [6.45, 7) is 1.79. The lowest BCUT2D eigenvalue weighted by Crippen LogP contribution is -2.33. The van der Waals surface area contributed by atoms with Gasteiger partial charge in [-0.3, -0.25) is 9.59 Å². The number of phenolic OH excluding ortho intramolecular Hbond substituents is 3. The predicted octanol–water partition coefficient (Wildman–Crippen LogP) is 3.67. The number of aromatic hydroxyl groups is 3. The van der Waals surface area contributed by atoms with E-state index in [1.807, 2.05) is 36.4 Å². The highest BCUT2D eigenvalue weighted by atomic mass is 16.3. The first-order valence-corrected chi connectivity index (χ1v) is 10.2. The van der Waals surface area contributed by atoms with Crippen molar-refractivity contribution < 1.29 is 24.9 Å². The van der Waals surface area contributed by atoms with Crippen molar-refractivity contribution in [1.82, 2.24) is 10.7 Å². The van der Waals surface area contributed by atoms with Crippen LogP contribution in [0.5, 0.6) is 17.2 Å². The molecule has 34 heavy (non-hydrogen) atoms. The Morgan fingerprint density at radius 3 is 2.18 bits per heavy atom. The maximum atomic E-state index is 12.8. The monoisotopic (exact) mass is 457 g/mol. The molecule has 3 aromatic rings. The van der Waals surface area contributed by atoms with Crippen LogP contribution in [0.1, 0.15) is 28.4 Å². The summed E-state index contributed by atoms with van der Waals surface area (Å²) in [5, 5.41) is 35.2. The Morgan fingerprint density at radius 1 is 0.853 bits per heavy atom. The second-order valence-electron chi connectivity index (χ2n) is 7.25. The molecule has 0 aliphatic rings. The van der Waals surface area contributed by atoms with E-state index in [2.05, 4.69) is 15.8 Å². The number of carbonyl (C=O) groups excluding carboxylic acids is 2. The summed E-state index contributed by atoms with van der Waals surface area (Å²) < 4.78 is 0. The normalized spacial score (nSPS) is 11.9. The number of phenols is 3. The molecule has 0 heterocycles. The fourth-order valence-corrected chi connectivity index (χ4v) is 2.93. The van der Waals surface area contributed by atoms with Gasteiger partial charge in [-0.2, -0.15) is 5.10 Å². The molecule has 0 bridgehead atoms. The van der Waals surface area contributed by atoms with Gasteiger partial charge in [0.2, 0.25) is 5.75 Å². The zero-order chi connectivity index (χ0) is 24.5. The zero-order valence-electron chi connectivity index (χ0n) is 18.3. The molecule has 0 saturated heterocycles. The van der Waals surface area contributed by atoms with E-state index in [4.69, 9.17) is 0 Å². The largest absolute Gasteiger partial charge is 0.504 e. The van der Waals surface area contributed by atoms with Crippen molar-refractivity contribution in [2.24, 2.45) is 5.10 Å². The molecule has 8 nitrogen and oxygen atoms in total. The average Bonchev–Trinajstić information content (AvgIpc) is 2.84. The highest BCUT2D eigenvalue weighted by Crippen LogP contribution is 2.36. The van der Waals surface area contributed by atoms with E-state index < -0.39 is 29.1 Å². The molecule has 0 atom stereocenters. The maximum Gasteiger partial charge on any atom is 0.287 e. The van der Waals surface area contributed by atoms with Crippen molar-refractivity contribution in [2.75, 3.05) is 0 Å². The van der Waals surface area contributed by atoms with E-state index in [-0.39, 0.29) is 11.3 Å². The number of hydrogen-bond donors (Lipinski definition) is 5. The fourth-order valence-electron chi connectivity index (χ4n) is 2.93. The summed E-state index contributed by atoms with van der Waals surface area (Å²) in [5.41, 5.74) is 4.30. The van der Waals surface area contributed by atoms with Crippen molar-refractivity contribution in [2.45, 2.75) is 6.92 Å². The molecule has 0 aromatic heterocycles. The molecule has 0 spiro atoms. The lowest BCUT2D eigenvalue weighted by molar-refractivity contribution is -0.117. The van der Waals surface area contributed by atoms with Crippen LogP contribution in [0.15, 0.2) is 95.2 Å². The van der Waals surface area contributed by atoms with Crippen molar-refractivity contribution in [3.8, 4) is 17.2 Å². The number of amides is 2. The van der Waals surface area contributed by atoms with Crippen molar-refractivity contribution in [3.63, 3.8) is 0 Å². The molecule has 3 aromatic carbocycles. The Labute approximate surface area is 196 Å². The molecule has 172 valence electrons. The number of carbonyl (C=O) groups is 2. The van der Waals surface area contributed by atoms with Gasteiger partial charge in [0, 0.05) is 11.1 Å². The van der Waals surface area contributed by atoms with Gasteiger partial charge in [-0.25, -0.2) is 5.43 Å². The Kier molecular flexibility index (Phi) is 7.80. The first kappa shape index (κ1) is 23.8. The van der Waals surface area contributed by atoms with Gasteiger partial charge in [0.15, 0.2) is 11.5 Å². The zero-order valence-corrected chi connectivity index (χ0v) is 18.3. The lowest BCUT2D eigenvalue weighted by Gasteiger charge is -2.09. The summed E-state index contributed by atoms with van der Waals surface area (Å²) in [6, 6.07) is 20.4. The van der Waals surface area contributed by atoms with E-state index in [9.17, 15) is 24.9 Å². The van der Waals surface area contributed by atoms with Crippen molar-refractivity contribution in [3.05, 3.63) is 107 Å². The maximum absolute atomic E-state index is 12.8. The predicted molar refractivity (Wildman–Crippen MR) is 129 cm³/mol. The van der Waals surface area contributed by atoms with E-state index >= 15 is 0 Å². The molecule has 2 amide bonds. The van der Waals surface area contributed by atoms with Crippen LogP contribution < -0.4 is 10.7 Å². The van der Waals surface area contributed by atoms with E-state index in [1.165, 1.54) is 18.2 Å². The van der Waals surface area contributed by atoms with Crippen LogP contribution in [0.3, 0.4) is 0 Å². The number of rotatable bonds is 7. The van der Waals surface area contributed by atoms with Gasteiger partial charge < -0.3 is 20.6 Å². The molecule has 8 heteroatoms. The number of allylic oxidation sites excluding steroid dienone is 2. The number of nitrogens with one attached hydrogen (secondary N) is 2. The minimum Gasteiger partial charge on any atom is -0.504 e. The number of hydrogen-bond acceptors (Lipinski definition) is 6. The third kappa shape index (κ3) is 6.33. The molecule has 0 fully saturated rings. The Balaban J connectivity index is 1.83. The standard InChI is InChI=1S/C26H23N3O5/c1-17(14-18-8-4-2-5-9-18)15-21(28-25(33)19-10-6-3-7-11-19)26(34)29-27-16-20-12-13-22(30)24(32)23(20)31/h2-16,30-32H,1H3,(H,28,33)(H,29,34)/b17-14+,21-15-,27-16-. The summed E-state index contributed by atoms with van der Waals surface area (Å²) >= 11 is 0. The van der Waals surface area contributed by atoms with E-state index in [0.29, 0.717) is 11.1 Å². The van der Waals surface area contributed by atoms with E-state index in [1.54, 1.807) is 37.3 Å². The summed E-state index contributed by atoms with van der Waals surface area (Å²) in [7, 11) is 0. The van der Waals surface area contributed by atoms with Crippen LogP contribution in [-0.4, -0.2) is 33.3 Å². The SMILES string of the molecule is CC(/C=C(\NC(=O)c1ccccc1)C(=O)N/N=C\c1ccc(O)c(O)c1O)=C\c1ccccc1. The summed E-state index contributed by atoms with van der Waals surface area (Å²) in [6.07, 6.45) is 4.46.